The standard InChI is InChI=1S/C26H30BrP/c1-22(2)14-13-15-23(3)28(27,24-16-7-4-8-17-24,25-18-9-5-10-19-25)26-20-11-6-12-21-26/h4-12,14,16-21,23H,13,15H2,1-3H3. The van der Waals surface area contributed by atoms with Crippen molar-refractivity contribution in [2.45, 2.75) is 39.3 Å². The maximum absolute atomic E-state index is 4.56. The summed E-state index contributed by atoms with van der Waals surface area (Å²) in [5.41, 5.74) is 1.84. The second-order valence-electron chi connectivity index (χ2n) is 7.79. The Morgan fingerprint density at radius 3 is 1.43 bits per heavy atom. The summed E-state index contributed by atoms with van der Waals surface area (Å²) in [6.07, 6.45) is 4.60. The SMILES string of the molecule is CC(C)=CCCC(C)P(Br)(c1ccccc1)(c1ccccc1)c1ccccc1. The van der Waals surface area contributed by atoms with Gasteiger partial charge in [0.15, 0.2) is 0 Å². The second-order valence-corrected chi connectivity index (χ2v) is 16.8. The van der Waals surface area contributed by atoms with Crippen LogP contribution in [-0.2, 0) is 0 Å². The molecule has 0 spiro atoms. The molecule has 0 aliphatic carbocycles. The molecule has 0 saturated carbocycles. The zero-order valence-electron chi connectivity index (χ0n) is 17.1. The quantitative estimate of drug-likeness (QED) is 0.268. The minimum atomic E-state index is -2.83. The van der Waals surface area contributed by atoms with Crippen LogP contribution >= 0.6 is 20.8 Å². The van der Waals surface area contributed by atoms with E-state index in [1.807, 2.05) is 0 Å². The zero-order chi connectivity index (χ0) is 20.1. The van der Waals surface area contributed by atoms with Crippen LogP contribution in [0.1, 0.15) is 33.6 Å². The summed E-state index contributed by atoms with van der Waals surface area (Å²) in [7, 11) is 0. The summed E-state index contributed by atoms with van der Waals surface area (Å²) in [6.45, 7) is 6.80. The van der Waals surface area contributed by atoms with E-state index in [1.54, 1.807) is 0 Å². The van der Waals surface area contributed by atoms with Gasteiger partial charge in [0.05, 0.1) is 0 Å². The fraction of sp³-hybridized carbons (Fsp3) is 0.231. The fourth-order valence-corrected chi connectivity index (χ4v) is 12.3. The Hall–Kier alpha value is -1.69. The van der Waals surface area contributed by atoms with E-state index in [9.17, 15) is 0 Å². The molecule has 0 amide bonds. The van der Waals surface area contributed by atoms with Gasteiger partial charge in [0.2, 0.25) is 0 Å². The molecule has 0 heterocycles. The Balaban J connectivity index is 2.32. The molecule has 0 nitrogen and oxygen atoms in total. The van der Waals surface area contributed by atoms with Gasteiger partial charge in [-0.2, -0.15) is 0 Å². The predicted molar refractivity (Wildman–Crippen MR) is 132 cm³/mol. The Labute approximate surface area is 178 Å². The van der Waals surface area contributed by atoms with Gasteiger partial charge in [-0.25, -0.2) is 0 Å². The molecule has 28 heavy (non-hydrogen) atoms. The maximum atomic E-state index is 4.56. The molecule has 1 unspecified atom stereocenters. The van der Waals surface area contributed by atoms with E-state index in [0.717, 1.165) is 12.8 Å². The van der Waals surface area contributed by atoms with Crippen LogP contribution in [0.25, 0.3) is 0 Å². The molecule has 2 heteroatoms. The summed E-state index contributed by atoms with van der Waals surface area (Å²) >= 11 is 4.56. The van der Waals surface area contributed by atoms with Gasteiger partial charge >= 0.3 is 179 Å². The third-order valence-electron chi connectivity index (χ3n) is 5.75. The van der Waals surface area contributed by atoms with E-state index >= 15 is 0 Å². The second kappa shape index (κ2) is 8.76. The summed E-state index contributed by atoms with van der Waals surface area (Å²) in [4.78, 5) is 0. The molecule has 3 aromatic carbocycles. The molecule has 1 atom stereocenters. The zero-order valence-corrected chi connectivity index (χ0v) is 19.5. The Kier molecular flexibility index (Phi) is 6.58. The number of hydrogen-bond acceptors (Lipinski definition) is 0. The number of halogens is 1. The Morgan fingerprint density at radius 2 is 1.11 bits per heavy atom. The Morgan fingerprint density at radius 1 is 0.750 bits per heavy atom. The van der Waals surface area contributed by atoms with Gasteiger partial charge < -0.3 is 0 Å². The summed E-state index contributed by atoms with van der Waals surface area (Å²) < 4.78 is 0. The van der Waals surface area contributed by atoms with Crippen molar-refractivity contribution in [3.05, 3.63) is 103 Å². The molecule has 0 fully saturated rings. The molecule has 0 aromatic heterocycles. The molecule has 0 aliphatic rings. The first-order valence-corrected chi connectivity index (χ1v) is 14.3. The summed E-state index contributed by atoms with van der Waals surface area (Å²) in [5.74, 6) is 0. The number of hydrogen-bond donors (Lipinski definition) is 0. The molecule has 0 aliphatic heterocycles. The topological polar surface area (TPSA) is 0 Å². The van der Waals surface area contributed by atoms with Crippen molar-refractivity contribution < 1.29 is 0 Å². The van der Waals surface area contributed by atoms with E-state index in [-0.39, 0.29) is 0 Å². The van der Waals surface area contributed by atoms with Crippen molar-refractivity contribution in [3.8, 4) is 0 Å². The average molecular weight is 453 g/mol. The molecule has 0 bridgehead atoms. The van der Waals surface area contributed by atoms with Gasteiger partial charge in [-0.05, 0) is 0 Å². The third-order valence-corrected chi connectivity index (χ3v) is 17.4. The average Bonchev–Trinajstić information content (AvgIpc) is 2.75. The van der Waals surface area contributed by atoms with Crippen molar-refractivity contribution in [2.24, 2.45) is 0 Å². The molecular formula is C26H30BrP. The third kappa shape index (κ3) is 3.63. The van der Waals surface area contributed by atoms with Crippen LogP contribution in [0.3, 0.4) is 0 Å². The van der Waals surface area contributed by atoms with Crippen LogP contribution in [0.2, 0.25) is 0 Å². The van der Waals surface area contributed by atoms with Gasteiger partial charge in [-0.1, -0.05) is 0 Å². The van der Waals surface area contributed by atoms with E-state index in [0.29, 0.717) is 5.66 Å². The summed E-state index contributed by atoms with van der Waals surface area (Å²) in [6, 6.07) is 33.2. The van der Waals surface area contributed by atoms with Crippen LogP contribution in [0.4, 0.5) is 0 Å². The predicted octanol–water partition coefficient (Wildman–Crippen LogP) is 6.96. The molecule has 0 radical (unpaired) electrons. The van der Waals surface area contributed by atoms with Crippen molar-refractivity contribution in [3.63, 3.8) is 0 Å². The number of benzene rings is 3. The van der Waals surface area contributed by atoms with Crippen LogP contribution in [0, 0.1) is 0 Å². The molecular weight excluding hydrogens is 423 g/mol. The summed E-state index contributed by atoms with van der Waals surface area (Å²) in [5, 5.41) is 1.36. The van der Waals surface area contributed by atoms with Crippen LogP contribution in [0.15, 0.2) is 103 Å². The number of rotatable bonds is 7. The molecule has 0 saturated heterocycles. The first kappa shape index (κ1) is 21.0. The van der Waals surface area contributed by atoms with Crippen LogP contribution < -0.4 is 15.9 Å². The molecule has 3 rings (SSSR count). The van der Waals surface area contributed by atoms with Gasteiger partial charge in [-0.15, -0.1) is 0 Å². The van der Waals surface area contributed by atoms with Crippen molar-refractivity contribution in [1.82, 2.24) is 0 Å². The first-order valence-electron chi connectivity index (χ1n) is 10.0. The van der Waals surface area contributed by atoms with Crippen molar-refractivity contribution in [2.75, 3.05) is 0 Å². The fourth-order valence-electron chi connectivity index (χ4n) is 4.22. The van der Waals surface area contributed by atoms with Crippen LogP contribution in [0.5, 0.6) is 0 Å². The van der Waals surface area contributed by atoms with E-state index < -0.39 is 5.31 Å². The van der Waals surface area contributed by atoms with E-state index in [2.05, 4.69) is 133 Å². The van der Waals surface area contributed by atoms with Crippen molar-refractivity contribution >= 4 is 36.7 Å². The van der Waals surface area contributed by atoms with Gasteiger partial charge in [0.1, 0.15) is 0 Å². The normalized spacial score (nSPS) is 13.9. The van der Waals surface area contributed by atoms with Crippen LogP contribution in [-0.4, -0.2) is 5.66 Å². The molecule has 3 aromatic rings. The monoisotopic (exact) mass is 452 g/mol. The van der Waals surface area contributed by atoms with E-state index in [4.69, 9.17) is 0 Å². The van der Waals surface area contributed by atoms with Crippen molar-refractivity contribution in [1.29, 1.82) is 0 Å². The van der Waals surface area contributed by atoms with Gasteiger partial charge in [0, 0.05) is 0 Å². The Bertz CT molecular complexity index is 813. The molecule has 0 N–H and O–H groups in total. The van der Waals surface area contributed by atoms with Gasteiger partial charge in [0.25, 0.3) is 0 Å². The molecule has 146 valence electrons. The van der Waals surface area contributed by atoms with E-state index in [1.165, 1.54) is 21.5 Å². The minimum absolute atomic E-state index is 0.453. The van der Waals surface area contributed by atoms with Gasteiger partial charge in [-0.3, -0.25) is 0 Å². The number of allylic oxidation sites excluding steroid dienone is 2. The first-order chi connectivity index (χ1) is 13.5.